The van der Waals surface area contributed by atoms with Gasteiger partial charge in [0, 0.05) is 6.04 Å². The summed E-state index contributed by atoms with van der Waals surface area (Å²) in [4.78, 5) is 0. The molecule has 4 rings (SSSR count). The molecule has 28 heavy (non-hydrogen) atoms. The molecule has 1 atom stereocenters. The highest BCUT2D eigenvalue weighted by atomic mass is 16.5. The van der Waals surface area contributed by atoms with E-state index < -0.39 is 0 Å². The Morgan fingerprint density at radius 1 is 1.07 bits per heavy atom. The fraction of sp³-hybridized carbons (Fsp3) is 0.375. The predicted octanol–water partition coefficient (Wildman–Crippen LogP) is 4.83. The van der Waals surface area contributed by atoms with Gasteiger partial charge in [-0.3, -0.25) is 0 Å². The molecule has 1 N–H and O–H groups in total. The van der Waals surface area contributed by atoms with Crippen molar-refractivity contribution in [2.45, 2.75) is 51.7 Å². The topological polar surface area (TPSA) is 39.1 Å². The second-order valence-electron chi connectivity index (χ2n) is 7.64. The van der Waals surface area contributed by atoms with Gasteiger partial charge in [0.1, 0.15) is 12.4 Å². The van der Waals surface area contributed by atoms with Crippen LogP contribution in [0.2, 0.25) is 0 Å². The number of benzene rings is 2. The molecule has 0 spiro atoms. The number of hydrogen-bond donors (Lipinski definition) is 1. The van der Waals surface area contributed by atoms with Crippen LogP contribution in [0.1, 0.15) is 42.6 Å². The highest BCUT2D eigenvalue weighted by molar-refractivity contribution is 5.33. The first-order chi connectivity index (χ1) is 13.8. The Hall–Kier alpha value is -2.59. The van der Waals surface area contributed by atoms with Crippen LogP contribution >= 0.6 is 0 Å². The van der Waals surface area contributed by atoms with E-state index in [-0.39, 0.29) is 0 Å². The first-order valence-electron chi connectivity index (χ1n) is 10.3. The quantitative estimate of drug-likeness (QED) is 0.643. The molecule has 2 heterocycles. The largest absolute Gasteiger partial charge is 0.487 e. The van der Waals surface area contributed by atoms with Crippen LogP contribution < -0.4 is 10.1 Å². The number of ether oxygens (including phenoxy) is 1. The fourth-order valence-electron chi connectivity index (χ4n) is 3.87. The molecule has 1 saturated heterocycles. The van der Waals surface area contributed by atoms with E-state index in [2.05, 4.69) is 52.9 Å². The number of piperidine rings is 1. The number of nitrogens with zero attached hydrogens (tertiary/aromatic N) is 2. The third kappa shape index (κ3) is 4.82. The summed E-state index contributed by atoms with van der Waals surface area (Å²) in [5.74, 6) is 0.901. The highest BCUT2D eigenvalue weighted by Crippen LogP contribution is 2.19. The van der Waals surface area contributed by atoms with Crippen LogP contribution in [0.15, 0.2) is 60.7 Å². The Kier molecular flexibility index (Phi) is 6.07. The summed E-state index contributed by atoms with van der Waals surface area (Å²) in [6, 6.07) is 21.5. The van der Waals surface area contributed by atoms with E-state index in [9.17, 15) is 0 Å². The number of aryl methyl sites for hydroxylation is 2. The van der Waals surface area contributed by atoms with Gasteiger partial charge in [0.2, 0.25) is 0 Å². The molecule has 1 aliphatic heterocycles. The van der Waals surface area contributed by atoms with Gasteiger partial charge in [0.15, 0.2) is 0 Å². The summed E-state index contributed by atoms with van der Waals surface area (Å²) < 4.78 is 8.00. The van der Waals surface area contributed by atoms with Crippen molar-refractivity contribution in [3.63, 3.8) is 0 Å². The van der Waals surface area contributed by atoms with Crippen LogP contribution in [0.5, 0.6) is 5.75 Å². The summed E-state index contributed by atoms with van der Waals surface area (Å²) >= 11 is 0. The first kappa shape index (κ1) is 18.8. The Morgan fingerprint density at radius 2 is 1.89 bits per heavy atom. The average molecular weight is 376 g/mol. The van der Waals surface area contributed by atoms with E-state index in [0.29, 0.717) is 12.6 Å². The molecule has 3 aromatic rings. The van der Waals surface area contributed by atoms with E-state index in [1.807, 2.05) is 29.8 Å². The van der Waals surface area contributed by atoms with Crippen molar-refractivity contribution in [1.82, 2.24) is 15.1 Å². The molecule has 0 radical (unpaired) electrons. The van der Waals surface area contributed by atoms with Gasteiger partial charge in [-0.1, -0.05) is 36.8 Å². The molecule has 0 saturated carbocycles. The van der Waals surface area contributed by atoms with Gasteiger partial charge in [0.25, 0.3) is 0 Å². The maximum atomic E-state index is 6.04. The predicted molar refractivity (Wildman–Crippen MR) is 113 cm³/mol. The summed E-state index contributed by atoms with van der Waals surface area (Å²) in [7, 11) is 0. The minimum absolute atomic E-state index is 0.501. The van der Waals surface area contributed by atoms with E-state index in [1.54, 1.807) is 0 Å². The van der Waals surface area contributed by atoms with Crippen LogP contribution in [-0.4, -0.2) is 22.4 Å². The number of rotatable bonds is 7. The first-order valence-corrected chi connectivity index (χ1v) is 10.3. The molecule has 1 unspecified atom stereocenters. The van der Waals surface area contributed by atoms with Crippen molar-refractivity contribution in [3.05, 3.63) is 77.6 Å². The van der Waals surface area contributed by atoms with Gasteiger partial charge < -0.3 is 10.1 Å². The molecule has 2 aromatic carbocycles. The smallest absolute Gasteiger partial charge is 0.130 e. The average Bonchev–Trinajstić information content (AvgIpc) is 3.13. The lowest BCUT2D eigenvalue weighted by atomic mass is 9.98. The number of nitrogens with one attached hydrogen (secondary N) is 1. The number of aromatic nitrogens is 2. The Morgan fingerprint density at radius 3 is 2.64 bits per heavy atom. The Bertz CT molecular complexity index is 865. The molecule has 1 fully saturated rings. The molecule has 1 aliphatic rings. The maximum Gasteiger partial charge on any atom is 0.130 e. The SMILES string of the molecule is Cc1cc(COc2ccc(CCC3CCCCN3)cc2)n(-c2ccccc2)n1. The second kappa shape index (κ2) is 9.07. The van der Waals surface area contributed by atoms with Gasteiger partial charge >= 0.3 is 0 Å². The van der Waals surface area contributed by atoms with Crippen molar-refractivity contribution in [2.24, 2.45) is 0 Å². The zero-order valence-corrected chi connectivity index (χ0v) is 16.6. The number of para-hydroxylation sites is 1. The van der Waals surface area contributed by atoms with Gasteiger partial charge in [-0.15, -0.1) is 0 Å². The minimum Gasteiger partial charge on any atom is -0.487 e. The zero-order valence-electron chi connectivity index (χ0n) is 16.6. The minimum atomic E-state index is 0.501. The van der Waals surface area contributed by atoms with Crippen LogP contribution in [-0.2, 0) is 13.0 Å². The molecule has 0 aliphatic carbocycles. The second-order valence-corrected chi connectivity index (χ2v) is 7.64. The summed E-state index contributed by atoms with van der Waals surface area (Å²) in [5.41, 5.74) is 4.48. The molecular weight excluding hydrogens is 346 g/mol. The lowest BCUT2D eigenvalue weighted by Gasteiger charge is -2.23. The van der Waals surface area contributed by atoms with E-state index in [4.69, 9.17) is 4.74 Å². The van der Waals surface area contributed by atoms with Crippen LogP contribution in [0, 0.1) is 6.92 Å². The van der Waals surface area contributed by atoms with E-state index >= 15 is 0 Å². The van der Waals surface area contributed by atoms with Gasteiger partial charge in [0.05, 0.1) is 17.1 Å². The zero-order chi connectivity index (χ0) is 19.2. The lowest BCUT2D eigenvalue weighted by Crippen LogP contribution is -2.34. The molecule has 4 heteroatoms. The van der Waals surface area contributed by atoms with E-state index in [1.165, 1.54) is 37.8 Å². The van der Waals surface area contributed by atoms with Gasteiger partial charge in [-0.05, 0) is 75.0 Å². The van der Waals surface area contributed by atoms with Crippen molar-refractivity contribution in [1.29, 1.82) is 0 Å². The maximum absolute atomic E-state index is 6.04. The third-order valence-electron chi connectivity index (χ3n) is 5.41. The van der Waals surface area contributed by atoms with Crippen LogP contribution in [0.25, 0.3) is 5.69 Å². The van der Waals surface area contributed by atoms with Gasteiger partial charge in [-0.2, -0.15) is 5.10 Å². The normalized spacial score (nSPS) is 16.8. The Balaban J connectivity index is 1.34. The van der Waals surface area contributed by atoms with Crippen molar-refractivity contribution >= 4 is 0 Å². The molecular formula is C24H29N3O. The van der Waals surface area contributed by atoms with Crippen molar-refractivity contribution in [3.8, 4) is 11.4 Å². The van der Waals surface area contributed by atoms with Crippen molar-refractivity contribution < 1.29 is 4.74 Å². The highest BCUT2D eigenvalue weighted by Gasteiger charge is 2.12. The molecule has 4 nitrogen and oxygen atoms in total. The van der Waals surface area contributed by atoms with Crippen LogP contribution in [0.3, 0.4) is 0 Å². The molecule has 0 amide bonds. The molecule has 1 aromatic heterocycles. The van der Waals surface area contributed by atoms with Crippen LogP contribution in [0.4, 0.5) is 0 Å². The fourth-order valence-corrected chi connectivity index (χ4v) is 3.87. The van der Waals surface area contributed by atoms with Crippen molar-refractivity contribution in [2.75, 3.05) is 6.54 Å². The Labute approximate surface area is 167 Å². The molecule has 0 bridgehead atoms. The summed E-state index contributed by atoms with van der Waals surface area (Å²) in [6.45, 7) is 3.69. The standard InChI is InChI=1S/C24H29N3O/c1-19-17-23(27(26-19)22-8-3-2-4-9-22)18-28-24-14-11-20(12-15-24)10-13-21-7-5-6-16-25-21/h2-4,8-9,11-12,14-15,17,21,25H,5-7,10,13,16,18H2,1H3. The monoisotopic (exact) mass is 375 g/mol. The number of hydrogen-bond acceptors (Lipinski definition) is 3. The third-order valence-corrected chi connectivity index (χ3v) is 5.41. The lowest BCUT2D eigenvalue weighted by molar-refractivity contribution is 0.297. The van der Waals surface area contributed by atoms with Gasteiger partial charge in [-0.25, -0.2) is 4.68 Å². The summed E-state index contributed by atoms with van der Waals surface area (Å²) in [6.07, 6.45) is 6.35. The molecule has 146 valence electrons. The van der Waals surface area contributed by atoms with E-state index in [0.717, 1.165) is 29.2 Å². The summed E-state index contributed by atoms with van der Waals surface area (Å²) in [5, 5.41) is 8.23.